The molecule has 1 heterocycles. The maximum Gasteiger partial charge on any atom is 0.127 e. The van der Waals surface area contributed by atoms with Crippen LogP contribution in [-0.2, 0) is 13.0 Å². The first-order valence-corrected chi connectivity index (χ1v) is 8.30. The van der Waals surface area contributed by atoms with E-state index in [0.29, 0.717) is 0 Å². The molecule has 112 valence electrons. The summed E-state index contributed by atoms with van der Waals surface area (Å²) in [6, 6.07) is 5.60. The van der Waals surface area contributed by atoms with E-state index in [1.54, 1.807) is 6.07 Å². The fraction of sp³-hybridized carbons (Fsp3) is 0.667. The van der Waals surface area contributed by atoms with Gasteiger partial charge >= 0.3 is 0 Å². The fourth-order valence-corrected chi connectivity index (χ4v) is 3.10. The van der Waals surface area contributed by atoms with Crippen molar-refractivity contribution in [1.29, 1.82) is 0 Å². The molecule has 1 nitrogen and oxygen atoms in total. The number of unbranched alkanes of at least 4 members (excludes halogenated alkanes) is 3. The molecule has 2 heteroatoms. The minimum Gasteiger partial charge on any atom is -0.299 e. The first-order valence-electron chi connectivity index (χ1n) is 8.30. The lowest BCUT2D eigenvalue weighted by molar-refractivity contribution is 0.217. The van der Waals surface area contributed by atoms with Crippen molar-refractivity contribution in [3.05, 3.63) is 35.1 Å². The SMILES string of the molecule is CCCCCCc1cccc(F)c1CN1CCCCC1. The van der Waals surface area contributed by atoms with Gasteiger partial charge in [-0.3, -0.25) is 4.90 Å². The minimum absolute atomic E-state index is 0.0106. The largest absolute Gasteiger partial charge is 0.299 e. The second-order valence-corrected chi connectivity index (χ2v) is 6.02. The number of halogens is 1. The Kier molecular flexibility index (Phi) is 6.52. The van der Waals surface area contributed by atoms with Crippen molar-refractivity contribution in [2.45, 2.75) is 64.8 Å². The van der Waals surface area contributed by atoms with Gasteiger partial charge in [-0.15, -0.1) is 0 Å². The molecule has 0 aliphatic carbocycles. The van der Waals surface area contributed by atoms with E-state index in [4.69, 9.17) is 0 Å². The van der Waals surface area contributed by atoms with Crippen molar-refractivity contribution in [2.24, 2.45) is 0 Å². The Balaban J connectivity index is 1.97. The highest BCUT2D eigenvalue weighted by molar-refractivity contribution is 5.29. The van der Waals surface area contributed by atoms with Gasteiger partial charge in [0.15, 0.2) is 0 Å². The third kappa shape index (κ3) is 4.59. The number of likely N-dealkylation sites (tertiary alicyclic amines) is 1. The first kappa shape index (κ1) is 15.5. The van der Waals surface area contributed by atoms with Gasteiger partial charge in [0, 0.05) is 12.1 Å². The molecule has 0 spiro atoms. The van der Waals surface area contributed by atoms with Crippen molar-refractivity contribution >= 4 is 0 Å². The molecule has 0 radical (unpaired) electrons. The van der Waals surface area contributed by atoms with Crippen LogP contribution >= 0.6 is 0 Å². The van der Waals surface area contributed by atoms with Gasteiger partial charge in [-0.05, 0) is 50.4 Å². The molecule has 0 atom stereocenters. The molecule has 2 rings (SSSR count). The summed E-state index contributed by atoms with van der Waals surface area (Å²) < 4.78 is 14.2. The van der Waals surface area contributed by atoms with Crippen LogP contribution in [-0.4, -0.2) is 18.0 Å². The molecule has 0 unspecified atom stereocenters. The van der Waals surface area contributed by atoms with E-state index in [0.717, 1.165) is 31.6 Å². The molecule has 1 fully saturated rings. The highest BCUT2D eigenvalue weighted by Gasteiger charge is 2.15. The van der Waals surface area contributed by atoms with Gasteiger partial charge in [0.25, 0.3) is 0 Å². The zero-order chi connectivity index (χ0) is 14.2. The van der Waals surface area contributed by atoms with Gasteiger partial charge in [0.05, 0.1) is 0 Å². The molecule has 0 N–H and O–H groups in total. The van der Waals surface area contributed by atoms with E-state index in [1.165, 1.54) is 50.5 Å². The van der Waals surface area contributed by atoms with Crippen LogP contribution in [0.5, 0.6) is 0 Å². The van der Waals surface area contributed by atoms with Crippen LogP contribution in [0.2, 0.25) is 0 Å². The lowest BCUT2D eigenvalue weighted by Gasteiger charge is -2.27. The molecule has 1 saturated heterocycles. The minimum atomic E-state index is -0.0106. The number of hydrogen-bond acceptors (Lipinski definition) is 1. The fourth-order valence-electron chi connectivity index (χ4n) is 3.10. The zero-order valence-corrected chi connectivity index (χ0v) is 12.8. The summed E-state index contributed by atoms with van der Waals surface area (Å²) in [4.78, 5) is 2.41. The van der Waals surface area contributed by atoms with Crippen molar-refractivity contribution in [3.63, 3.8) is 0 Å². The van der Waals surface area contributed by atoms with Crippen LogP contribution in [0.4, 0.5) is 4.39 Å². The Morgan fingerprint density at radius 2 is 1.85 bits per heavy atom. The van der Waals surface area contributed by atoms with E-state index < -0.39 is 0 Å². The maximum atomic E-state index is 14.2. The van der Waals surface area contributed by atoms with Crippen molar-refractivity contribution < 1.29 is 4.39 Å². The molecule has 0 saturated carbocycles. The van der Waals surface area contributed by atoms with Crippen LogP contribution < -0.4 is 0 Å². The monoisotopic (exact) mass is 277 g/mol. The highest BCUT2D eigenvalue weighted by atomic mass is 19.1. The topological polar surface area (TPSA) is 3.24 Å². The molecule has 0 bridgehead atoms. The summed E-state index contributed by atoms with van der Waals surface area (Å²) >= 11 is 0. The number of piperidine rings is 1. The standard InChI is InChI=1S/C18H28FN/c1-2-3-4-6-10-16-11-9-12-18(19)17(16)15-20-13-7-5-8-14-20/h9,11-12H,2-8,10,13-15H2,1H3. The third-order valence-corrected chi connectivity index (χ3v) is 4.35. The zero-order valence-electron chi connectivity index (χ0n) is 12.8. The van der Waals surface area contributed by atoms with Gasteiger partial charge < -0.3 is 0 Å². The predicted octanol–water partition coefficient (Wildman–Crippen LogP) is 4.93. The summed E-state index contributed by atoms with van der Waals surface area (Å²) in [5, 5.41) is 0. The van der Waals surface area contributed by atoms with Crippen LogP contribution in [0.15, 0.2) is 18.2 Å². The number of benzene rings is 1. The number of hydrogen-bond donors (Lipinski definition) is 0. The quantitative estimate of drug-likeness (QED) is 0.638. The van der Waals surface area contributed by atoms with Crippen LogP contribution in [0.1, 0.15) is 63.0 Å². The van der Waals surface area contributed by atoms with Crippen molar-refractivity contribution in [1.82, 2.24) is 4.90 Å². The molecule has 1 aliphatic heterocycles. The lowest BCUT2D eigenvalue weighted by Crippen LogP contribution is -2.30. The summed E-state index contributed by atoms with van der Waals surface area (Å²) in [5.74, 6) is -0.0106. The average Bonchev–Trinajstić information content (AvgIpc) is 2.48. The van der Waals surface area contributed by atoms with Gasteiger partial charge in [-0.2, -0.15) is 0 Å². The normalized spacial score (nSPS) is 16.5. The third-order valence-electron chi connectivity index (χ3n) is 4.35. The van der Waals surface area contributed by atoms with E-state index >= 15 is 0 Å². The Morgan fingerprint density at radius 3 is 2.60 bits per heavy atom. The van der Waals surface area contributed by atoms with E-state index in [1.807, 2.05) is 6.07 Å². The Hall–Kier alpha value is -0.890. The second kappa shape index (κ2) is 8.41. The van der Waals surface area contributed by atoms with Gasteiger partial charge in [-0.1, -0.05) is 44.7 Å². The molecule has 1 aromatic carbocycles. The molecule has 20 heavy (non-hydrogen) atoms. The molecule has 0 aromatic heterocycles. The Morgan fingerprint density at radius 1 is 1.05 bits per heavy atom. The van der Waals surface area contributed by atoms with Crippen LogP contribution in [0.3, 0.4) is 0 Å². The van der Waals surface area contributed by atoms with E-state index in [-0.39, 0.29) is 5.82 Å². The maximum absolute atomic E-state index is 14.2. The summed E-state index contributed by atoms with van der Waals surface area (Å²) in [6.45, 7) is 5.28. The number of rotatable bonds is 7. The highest BCUT2D eigenvalue weighted by Crippen LogP contribution is 2.21. The van der Waals surface area contributed by atoms with Gasteiger partial charge in [0.1, 0.15) is 5.82 Å². The molecular weight excluding hydrogens is 249 g/mol. The number of aryl methyl sites for hydroxylation is 1. The summed E-state index contributed by atoms with van der Waals surface area (Å²) in [5.41, 5.74) is 2.18. The molecule has 1 aromatic rings. The van der Waals surface area contributed by atoms with Crippen molar-refractivity contribution in [2.75, 3.05) is 13.1 Å². The molecule has 1 aliphatic rings. The Bertz CT molecular complexity index is 396. The van der Waals surface area contributed by atoms with E-state index in [2.05, 4.69) is 17.9 Å². The van der Waals surface area contributed by atoms with Crippen LogP contribution in [0, 0.1) is 5.82 Å². The van der Waals surface area contributed by atoms with Crippen molar-refractivity contribution in [3.8, 4) is 0 Å². The Labute approximate surface area is 123 Å². The summed E-state index contributed by atoms with van der Waals surface area (Å²) in [7, 11) is 0. The molecular formula is C18H28FN. The number of nitrogens with zero attached hydrogens (tertiary/aromatic N) is 1. The van der Waals surface area contributed by atoms with Crippen LogP contribution in [0.25, 0.3) is 0 Å². The van der Waals surface area contributed by atoms with Gasteiger partial charge in [-0.25, -0.2) is 4.39 Å². The second-order valence-electron chi connectivity index (χ2n) is 6.02. The smallest absolute Gasteiger partial charge is 0.127 e. The van der Waals surface area contributed by atoms with E-state index in [9.17, 15) is 4.39 Å². The average molecular weight is 277 g/mol. The molecule has 0 amide bonds. The predicted molar refractivity (Wildman–Crippen MR) is 83.4 cm³/mol. The first-order chi connectivity index (χ1) is 9.81. The lowest BCUT2D eigenvalue weighted by atomic mass is 9.99. The summed E-state index contributed by atoms with van der Waals surface area (Å²) in [6.07, 6.45) is 9.88. The van der Waals surface area contributed by atoms with Gasteiger partial charge in [0.2, 0.25) is 0 Å².